The van der Waals surface area contributed by atoms with Crippen molar-refractivity contribution < 1.29 is 19.1 Å². The fourth-order valence-electron chi connectivity index (χ4n) is 5.68. The van der Waals surface area contributed by atoms with Gasteiger partial charge in [0, 0.05) is 0 Å². The summed E-state index contributed by atoms with van der Waals surface area (Å²) in [4.78, 5) is 12.4. The Morgan fingerprint density at radius 2 is 1.79 bits per heavy atom. The number of ether oxygens (including phenoxy) is 1. The van der Waals surface area contributed by atoms with Gasteiger partial charge >= 0.3 is 5.97 Å². The van der Waals surface area contributed by atoms with Crippen LogP contribution in [0.1, 0.15) is 82.6 Å². The zero-order chi connectivity index (χ0) is 27.8. The molecule has 1 radical (unpaired) electrons. The third-order valence-corrected chi connectivity index (χ3v) is 8.36. The molecule has 3 rings (SSSR count). The van der Waals surface area contributed by atoms with Gasteiger partial charge in [-0.3, -0.25) is 4.79 Å². The van der Waals surface area contributed by atoms with Gasteiger partial charge in [-0.25, -0.2) is 0 Å². The monoisotopic (exact) mass is 535 g/mol. The normalized spacial score (nSPS) is 21.3. The minimum Gasteiger partial charge on any atom is -0.466 e. The van der Waals surface area contributed by atoms with Crippen molar-refractivity contribution in [2.75, 3.05) is 6.61 Å². The molecule has 4 unspecified atom stereocenters. The molecule has 2 aromatic carbocycles. The molecule has 1 N–H and O–H groups in total. The van der Waals surface area contributed by atoms with Crippen molar-refractivity contribution in [3.63, 3.8) is 0 Å². The van der Waals surface area contributed by atoms with E-state index in [1.807, 2.05) is 18.2 Å². The summed E-state index contributed by atoms with van der Waals surface area (Å²) in [5.41, 5.74) is 2.17. The third kappa shape index (κ3) is 8.65. The fourth-order valence-corrected chi connectivity index (χ4v) is 6.51. The number of hydrogen-bond acceptors (Lipinski definition) is 4. The van der Waals surface area contributed by atoms with E-state index in [-0.39, 0.29) is 29.8 Å². The molecule has 0 bridgehead atoms. The van der Waals surface area contributed by atoms with Gasteiger partial charge in [-0.1, -0.05) is 87.5 Å². The van der Waals surface area contributed by atoms with E-state index in [2.05, 4.69) is 82.4 Å². The third-order valence-electron chi connectivity index (χ3n) is 7.60. The second-order valence-electron chi connectivity index (χ2n) is 12.1. The maximum atomic E-state index is 12.4. The smallest absolute Gasteiger partial charge is 0.309 e. The lowest BCUT2D eigenvalue weighted by Crippen LogP contribution is -2.37. The van der Waals surface area contributed by atoms with Crippen LogP contribution in [-0.4, -0.2) is 26.7 Å². The average Bonchev–Trinajstić information content (AvgIpc) is 2.85. The maximum Gasteiger partial charge on any atom is 0.309 e. The van der Waals surface area contributed by atoms with E-state index in [0.717, 1.165) is 36.8 Å². The molecule has 1 aliphatic carbocycles. The maximum absolute atomic E-state index is 12.4. The number of hydrogen-bond donors (Lipinski definition) is 1. The zero-order valence-corrected chi connectivity index (χ0v) is 25.2. The van der Waals surface area contributed by atoms with Gasteiger partial charge in [0.05, 0.1) is 19.1 Å². The van der Waals surface area contributed by atoms with Crippen molar-refractivity contribution in [1.82, 2.24) is 0 Å². The van der Waals surface area contributed by atoms with Gasteiger partial charge in [0.1, 0.15) is 5.60 Å². The highest BCUT2D eigenvalue weighted by Gasteiger charge is 2.40. The second kappa shape index (κ2) is 13.7. The number of fused-ring (bicyclic) bond motifs is 1. The molecule has 0 fully saturated rings. The minimum atomic E-state index is -1.20. The first kappa shape index (κ1) is 30.3. The Morgan fingerprint density at radius 3 is 2.45 bits per heavy atom. The number of aliphatic hydroxyl groups is 1. The Bertz CT molecular complexity index is 1040. The summed E-state index contributed by atoms with van der Waals surface area (Å²) in [6.45, 7) is 13.4. The quantitative estimate of drug-likeness (QED) is 0.171. The van der Waals surface area contributed by atoms with E-state index in [1.165, 1.54) is 5.56 Å². The number of allylic oxidation sites excluding steroid dienone is 2. The number of carbonyl (C=O) groups is 1. The molecule has 0 heterocycles. The molecule has 2 aromatic rings. The summed E-state index contributed by atoms with van der Waals surface area (Å²) in [7, 11) is -0.801. The van der Waals surface area contributed by atoms with Gasteiger partial charge in [0.15, 0.2) is 0 Å². The Kier molecular flexibility index (Phi) is 11.0. The molecule has 0 aromatic heterocycles. The summed E-state index contributed by atoms with van der Waals surface area (Å²) in [5.74, 6) is 0.225. The van der Waals surface area contributed by atoms with E-state index in [4.69, 9.17) is 9.16 Å². The highest BCUT2D eigenvalue weighted by molar-refractivity contribution is 6.48. The first-order valence-corrected chi connectivity index (χ1v) is 16.6. The van der Waals surface area contributed by atoms with Crippen LogP contribution < -0.4 is 0 Å². The SMILES string of the molecule is CCOC(=O)CC1(O)CC(C=CC(CCCC(O[Si](C)C)c2ccccc2)C(C)(C)C)Cc2ccccc21. The predicted octanol–water partition coefficient (Wildman–Crippen LogP) is 7.79. The van der Waals surface area contributed by atoms with Crippen molar-refractivity contribution in [2.45, 2.75) is 91.0 Å². The molecule has 0 spiro atoms. The average molecular weight is 536 g/mol. The van der Waals surface area contributed by atoms with Gasteiger partial charge in [0.2, 0.25) is 9.04 Å². The van der Waals surface area contributed by atoms with Crippen molar-refractivity contribution in [3.8, 4) is 0 Å². The number of carbonyl (C=O) groups excluding carboxylic acids is 1. The van der Waals surface area contributed by atoms with Crippen LogP contribution >= 0.6 is 0 Å². The zero-order valence-electron chi connectivity index (χ0n) is 24.2. The van der Waals surface area contributed by atoms with E-state index in [0.29, 0.717) is 18.9 Å². The molecule has 4 atom stereocenters. The van der Waals surface area contributed by atoms with Crippen LogP contribution in [0.2, 0.25) is 13.1 Å². The largest absolute Gasteiger partial charge is 0.466 e. The molecule has 4 nitrogen and oxygen atoms in total. The summed E-state index contributed by atoms with van der Waals surface area (Å²) in [6.07, 6.45) is 9.38. The summed E-state index contributed by atoms with van der Waals surface area (Å²) in [5, 5.41) is 11.7. The summed E-state index contributed by atoms with van der Waals surface area (Å²) < 4.78 is 11.6. The van der Waals surface area contributed by atoms with Gasteiger partial charge in [-0.05, 0) is 86.1 Å². The van der Waals surface area contributed by atoms with Crippen LogP contribution in [0.4, 0.5) is 0 Å². The summed E-state index contributed by atoms with van der Waals surface area (Å²) >= 11 is 0. The first-order chi connectivity index (χ1) is 18.0. The Hall–Kier alpha value is -2.21. The highest BCUT2D eigenvalue weighted by atomic mass is 28.3. The molecule has 5 heteroatoms. The Morgan fingerprint density at radius 1 is 1.11 bits per heavy atom. The van der Waals surface area contributed by atoms with E-state index < -0.39 is 14.6 Å². The molecule has 207 valence electrons. The highest BCUT2D eigenvalue weighted by Crippen LogP contribution is 2.42. The number of esters is 1. The van der Waals surface area contributed by atoms with Crippen LogP contribution in [0, 0.1) is 17.3 Å². The van der Waals surface area contributed by atoms with E-state index >= 15 is 0 Å². The van der Waals surface area contributed by atoms with Gasteiger partial charge < -0.3 is 14.3 Å². The molecule has 1 aliphatic rings. The van der Waals surface area contributed by atoms with E-state index in [1.54, 1.807) is 6.92 Å². The van der Waals surface area contributed by atoms with Crippen LogP contribution in [0.5, 0.6) is 0 Å². The molecule has 0 saturated heterocycles. The fraction of sp³-hybridized carbons (Fsp3) is 0.545. The van der Waals surface area contributed by atoms with Crippen LogP contribution in [0.15, 0.2) is 66.7 Å². The molecule has 0 amide bonds. The Labute approximate surface area is 232 Å². The topological polar surface area (TPSA) is 55.8 Å². The van der Waals surface area contributed by atoms with E-state index in [9.17, 15) is 9.90 Å². The lowest BCUT2D eigenvalue weighted by atomic mass is 9.71. The van der Waals surface area contributed by atoms with Crippen molar-refractivity contribution in [2.24, 2.45) is 17.3 Å². The first-order valence-electron chi connectivity index (χ1n) is 14.2. The molecular formula is C33H47O4Si. The van der Waals surface area contributed by atoms with Gasteiger partial charge in [-0.15, -0.1) is 0 Å². The second-order valence-corrected chi connectivity index (χ2v) is 14.1. The van der Waals surface area contributed by atoms with Gasteiger partial charge in [0.25, 0.3) is 0 Å². The number of benzene rings is 2. The minimum absolute atomic E-state index is 0.00987. The lowest BCUT2D eigenvalue weighted by molar-refractivity contribution is -0.150. The standard InChI is InChI=1S/C33H47O4Si/c1-7-36-31(34)24-33(35)23-25(22-27-16-11-12-18-29(27)33)20-21-28(32(2,3)4)17-13-19-30(37-38(5)6)26-14-9-8-10-15-26/h8-12,14-16,18,20-21,25,28,30,35H,7,13,17,19,22-24H2,1-6H3. The Balaban J connectivity index is 1.71. The molecule has 0 saturated carbocycles. The van der Waals surface area contributed by atoms with Crippen LogP contribution in [-0.2, 0) is 26.0 Å². The lowest BCUT2D eigenvalue weighted by Gasteiger charge is -2.37. The molecule has 38 heavy (non-hydrogen) atoms. The van der Waals surface area contributed by atoms with Gasteiger partial charge in [-0.2, -0.15) is 0 Å². The van der Waals surface area contributed by atoms with Crippen LogP contribution in [0.25, 0.3) is 0 Å². The van der Waals surface area contributed by atoms with Crippen molar-refractivity contribution >= 4 is 15.0 Å². The molecular weight excluding hydrogens is 488 g/mol. The van der Waals surface area contributed by atoms with Crippen molar-refractivity contribution in [3.05, 3.63) is 83.4 Å². The predicted molar refractivity (Wildman–Crippen MR) is 157 cm³/mol. The van der Waals surface area contributed by atoms with Crippen molar-refractivity contribution in [1.29, 1.82) is 0 Å². The van der Waals surface area contributed by atoms with Crippen LogP contribution in [0.3, 0.4) is 0 Å². The molecule has 0 aliphatic heterocycles. The number of rotatable bonds is 12. The summed E-state index contributed by atoms with van der Waals surface area (Å²) in [6, 6.07) is 18.6.